The van der Waals surface area contributed by atoms with Gasteiger partial charge in [0.1, 0.15) is 17.9 Å². The monoisotopic (exact) mass is 450 g/mol. The SMILES string of the molecule is O=C(NNC(=S)NC(=O)c1ccccc1[N+](=O)[O-])c1ccc(OCc2ccccc2)cc1. The highest BCUT2D eigenvalue weighted by atomic mass is 32.1. The highest BCUT2D eigenvalue weighted by Crippen LogP contribution is 2.17. The third kappa shape index (κ3) is 6.09. The molecule has 0 aromatic heterocycles. The zero-order valence-electron chi connectivity index (χ0n) is 16.6. The van der Waals surface area contributed by atoms with Gasteiger partial charge in [-0.1, -0.05) is 42.5 Å². The number of hydrazine groups is 1. The number of carbonyl (C=O) groups is 2. The van der Waals surface area contributed by atoms with Gasteiger partial charge in [0.15, 0.2) is 5.11 Å². The van der Waals surface area contributed by atoms with Crippen molar-refractivity contribution in [3.8, 4) is 5.75 Å². The van der Waals surface area contributed by atoms with Gasteiger partial charge in [0.25, 0.3) is 17.5 Å². The predicted molar refractivity (Wildman–Crippen MR) is 121 cm³/mol. The number of nitro groups is 1. The fourth-order valence-electron chi connectivity index (χ4n) is 2.66. The van der Waals surface area contributed by atoms with Crippen molar-refractivity contribution in [3.05, 3.63) is 106 Å². The molecule has 10 heteroatoms. The molecule has 0 spiro atoms. The summed E-state index contributed by atoms with van der Waals surface area (Å²) >= 11 is 4.96. The molecule has 3 N–H and O–H groups in total. The summed E-state index contributed by atoms with van der Waals surface area (Å²) in [6.45, 7) is 0.404. The molecular formula is C22H18N4O5S. The highest BCUT2D eigenvalue weighted by molar-refractivity contribution is 7.80. The fourth-order valence-corrected chi connectivity index (χ4v) is 2.80. The minimum absolute atomic E-state index is 0.154. The molecule has 32 heavy (non-hydrogen) atoms. The third-order valence-electron chi connectivity index (χ3n) is 4.23. The molecule has 162 valence electrons. The molecule has 0 fully saturated rings. The molecule has 0 atom stereocenters. The first-order valence-electron chi connectivity index (χ1n) is 9.36. The van der Waals surface area contributed by atoms with Crippen LogP contribution < -0.4 is 20.9 Å². The molecule has 3 rings (SSSR count). The van der Waals surface area contributed by atoms with E-state index in [-0.39, 0.29) is 16.4 Å². The molecule has 0 aliphatic carbocycles. The number of carbonyl (C=O) groups excluding carboxylic acids is 2. The Morgan fingerprint density at radius 1 is 0.875 bits per heavy atom. The van der Waals surface area contributed by atoms with Crippen LogP contribution >= 0.6 is 12.2 Å². The number of nitrogens with zero attached hydrogens (tertiary/aromatic N) is 1. The van der Waals surface area contributed by atoms with Crippen molar-refractivity contribution in [1.29, 1.82) is 0 Å². The normalized spacial score (nSPS) is 10.0. The van der Waals surface area contributed by atoms with E-state index < -0.39 is 16.7 Å². The molecule has 0 heterocycles. The molecule has 0 aliphatic rings. The van der Waals surface area contributed by atoms with E-state index in [4.69, 9.17) is 17.0 Å². The summed E-state index contributed by atoms with van der Waals surface area (Å²) in [4.78, 5) is 34.9. The summed E-state index contributed by atoms with van der Waals surface area (Å²) in [5, 5.41) is 13.1. The van der Waals surface area contributed by atoms with Crippen LogP contribution in [0.3, 0.4) is 0 Å². The molecule has 0 radical (unpaired) electrons. The Balaban J connectivity index is 1.49. The number of nitro benzene ring substituents is 1. The average molecular weight is 450 g/mol. The number of nitrogens with one attached hydrogen (secondary N) is 3. The van der Waals surface area contributed by atoms with Crippen LogP contribution in [0.2, 0.25) is 0 Å². The van der Waals surface area contributed by atoms with Gasteiger partial charge in [0.2, 0.25) is 0 Å². The summed E-state index contributed by atoms with van der Waals surface area (Å²) in [5.41, 5.74) is 5.59. The quantitative estimate of drug-likeness (QED) is 0.300. The summed E-state index contributed by atoms with van der Waals surface area (Å²) in [7, 11) is 0. The van der Waals surface area contributed by atoms with Crippen LogP contribution in [0.4, 0.5) is 5.69 Å². The van der Waals surface area contributed by atoms with Gasteiger partial charge in [-0.05, 0) is 48.1 Å². The Hall–Kier alpha value is -4.31. The van der Waals surface area contributed by atoms with Gasteiger partial charge in [-0.25, -0.2) is 0 Å². The lowest BCUT2D eigenvalue weighted by molar-refractivity contribution is -0.385. The predicted octanol–water partition coefficient (Wildman–Crippen LogP) is 3.12. The first-order valence-corrected chi connectivity index (χ1v) is 9.77. The fraction of sp³-hybridized carbons (Fsp3) is 0.0455. The Morgan fingerprint density at radius 2 is 1.53 bits per heavy atom. The second-order valence-corrected chi connectivity index (χ2v) is 6.84. The molecule has 0 saturated carbocycles. The lowest BCUT2D eigenvalue weighted by Crippen LogP contribution is -2.48. The molecule has 3 aromatic rings. The van der Waals surface area contributed by atoms with Gasteiger partial charge in [-0.15, -0.1) is 0 Å². The van der Waals surface area contributed by atoms with E-state index in [1.807, 2.05) is 30.3 Å². The largest absolute Gasteiger partial charge is 0.489 e. The Morgan fingerprint density at radius 3 is 2.22 bits per heavy atom. The first-order chi connectivity index (χ1) is 15.4. The van der Waals surface area contributed by atoms with Crippen molar-refractivity contribution in [1.82, 2.24) is 16.2 Å². The van der Waals surface area contributed by atoms with Crippen LogP contribution in [-0.4, -0.2) is 21.9 Å². The van der Waals surface area contributed by atoms with E-state index >= 15 is 0 Å². The molecule has 0 bridgehead atoms. The molecule has 0 aliphatic heterocycles. The molecule has 2 amide bonds. The number of hydrogen-bond acceptors (Lipinski definition) is 6. The number of benzene rings is 3. The summed E-state index contributed by atoms with van der Waals surface area (Å²) in [6.07, 6.45) is 0. The molecular weight excluding hydrogens is 432 g/mol. The number of amides is 2. The molecule has 9 nitrogen and oxygen atoms in total. The van der Waals surface area contributed by atoms with Crippen LogP contribution in [0.25, 0.3) is 0 Å². The van der Waals surface area contributed by atoms with E-state index in [9.17, 15) is 19.7 Å². The van der Waals surface area contributed by atoms with Gasteiger partial charge >= 0.3 is 0 Å². The van der Waals surface area contributed by atoms with Crippen LogP contribution in [-0.2, 0) is 6.61 Å². The van der Waals surface area contributed by atoms with Crippen molar-refractivity contribution in [2.75, 3.05) is 0 Å². The van der Waals surface area contributed by atoms with Crippen molar-refractivity contribution in [3.63, 3.8) is 0 Å². The maximum Gasteiger partial charge on any atom is 0.282 e. The summed E-state index contributed by atoms with van der Waals surface area (Å²) < 4.78 is 5.67. The number of para-hydroxylation sites is 1. The number of thiocarbonyl (C=S) groups is 1. The third-order valence-corrected chi connectivity index (χ3v) is 4.43. The lowest BCUT2D eigenvalue weighted by atomic mass is 10.1. The summed E-state index contributed by atoms with van der Waals surface area (Å²) in [5.74, 6) is -0.670. The Labute approximate surface area is 188 Å². The zero-order chi connectivity index (χ0) is 22.9. The van der Waals surface area contributed by atoms with E-state index in [1.165, 1.54) is 24.3 Å². The highest BCUT2D eigenvalue weighted by Gasteiger charge is 2.20. The Bertz CT molecular complexity index is 1140. The topological polar surface area (TPSA) is 123 Å². The minimum Gasteiger partial charge on any atom is -0.489 e. The average Bonchev–Trinajstić information content (AvgIpc) is 2.82. The second kappa shape index (κ2) is 10.6. The van der Waals surface area contributed by atoms with E-state index in [0.717, 1.165) is 5.56 Å². The van der Waals surface area contributed by atoms with Crippen LogP contribution in [0.15, 0.2) is 78.9 Å². The van der Waals surface area contributed by atoms with Crippen molar-refractivity contribution in [2.45, 2.75) is 6.61 Å². The van der Waals surface area contributed by atoms with Gasteiger partial charge < -0.3 is 4.74 Å². The van der Waals surface area contributed by atoms with Gasteiger partial charge in [0, 0.05) is 11.6 Å². The van der Waals surface area contributed by atoms with Crippen molar-refractivity contribution < 1.29 is 19.2 Å². The minimum atomic E-state index is -0.774. The van der Waals surface area contributed by atoms with E-state index in [0.29, 0.717) is 17.9 Å². The second-order valence-electron chi connectivity index (χ2n) is 6.44. The lowest BCUT2D eigenvalue weighted by Gasteiger charge is -2.11. The number of rotatable bonds is 6. The van der Waals surface area contributed by atoms with Crippen LogP contribution in [0.5, 0.6) is 5.75 Å². The van der Waals surface area contributed by atoms with Crippen molar-refractivity contribution >= 4 is 34.8 Å². The number of hydrogen-bond donors (Lipinski definition) is 3. The first kappa shape index (κ1) is 22.4. The van der Waals surface area contributed by atoms with Crippen LogP contribution in [0, 0.1) is 10.1 Å². The molecule has 0 unspecified atom stereocenters. The zero-order valence-corrected chi connectivity index (χ0v) is 17.4. The molecule has 0 saturated heterocycles. The van der Waals surface area contributed by atoms with E-state index in [1.54, 1.807) is 24.3 Å². The van der Waals surface area contributed by atoms with Crippen LogP contribution in [0.1, 0.15) is 26.3 Å². The smallest absolute Gasteiger partial charge is 0.282 e. The molecule has 3 aromatic carbocycles. The summed E-state index contributed by atoms with van der Waals surface area (Å²) in [6, 6.07) is 21.6. The standard InChI is InChI=1S/C22H18N4O5S/c27-20(16-10-12-17(13-11-16)31-14-15-6-2-1-3-7-15)24-25-22(32)23-21(28)18-8-4-5-9-19(18)26(29)30/h1-13H,14H2,(H,24,27)(H2,23,25,28,32). The van der Waals surface area contributed by atoms with Gasteiger partial charge in [-0.2, -0.15) is 0 Å². The maximum atomic E-state index is 12.3. The Kier molecular flexibility index (Phi) is 7.44. The van der Waals surface area contributed by atoms with Gasteiger partial charge in [-0.3, -0.25) is 35.9 Å². The van der Waals surface area contributed by atoms with Crippen molar-refractivity contribution in [2.24, 2.45) is 0 Å². The maximum absolute atomic E-state index is 12.3. The van der Waals surface area contributed by atoms with Gasteiger partial charge in [0.05, 0.1) is 4.92 Å². The van der Waals surface area contributed by atoms with E-state index in [2.05, 4.69) is 16.2 Å². The number of ether oxygens (including phenoxy) is 1.